The van der Waals surface area contributed by atoms with E-state index in [1.807, 2.05) is 24.3 Å². The minimum Gasteiger partial charge on any atom is -0.489 e. The van der Waals surface area contributed by atoms with E-state index in [1.165, 1.54) is 12.1 Å². The maximum Gasteiger partial charge on any atom is 0.262 e. The van der Waals surface area contributed by atoms with E-state index in [1.54, 1.807) is 36.4 Å². The van der Waals surface area contributed by atoms with Crippen molar-refractivity contribution in [2.24, 2.45) is 0 Å². The molecule has 3 aromatic carbocycles. The lowest BCUT2D eigenvalue weighted by atomic mass is 10.2. The minimum absolute atomic E-state index is 0.0404. The summed E-state index contributed by atoms with van der Waals surface area (Å²) in [6.07, 6.45) is 0. The molecule has 0 bridgehead atoms. The van der Waals surface area contributed by atoms with E-state index < -0.39 is 5.82 Å². The van der Waals surface area contributed by atoms with Crippen molar-refractivity contribution in [1.29, 1.82) is 0 Å². The largest absolute Gasteiger partial charge is 0.489 e. The number of anilines is 1. The molecule has 1 amide bonds. The molecule has 6 heteroatoms. The Bertz CT molecular complexity index is 898. The Kier molecular flexibility index (Phi) is 6.28. The summed E-state index contributed by atoms with van der Waals surface area (Å²) < 4.78 is 24.3. The van der Waals surface area contributed by atoms with Crippen LogP contribution in [-0.2, 0) is 11.4 Å². The Labute approximate surface area is 161 Å². The van der Waals surface area contributed by atoms with E-state index in [0.29, 0.717) is 23.1 Å². The summed E-state index contributed by atoms with van der Waals surface area (Å²) in [6.45, 7) is 0.134. The third-order valence-electron chi connectivity index (χ3n) is 3.65. The Balaban J connectivity index is 1.47. The predicted molar refractivity (Wildman–Crippen MR) is 103 cm³/mol. The molecule has 0 aliphatic heterocycles. The number of rotatable bonds is 7. The molecule has 0 unspecified atom stereocenters. The monoisotopic (exact) mass is 385 g/mol. The number of hydrogen-bond donors (Lipinski definition) is 1. The van der Waals surface area contributed by atoms with Crippen LogP contribution in [0.3, 0.4) is 0 Å². The van der Waals surface area contributed by atoms with Gasteiger partial charge in [-0.2, -0.15) is 0 Å². The van der Waals surface area contributed by atoms with E-state index >= 15 is 0 Å². The highest BCUT2D eigenvalue weighted by Gasteiger charge is 2.07. The molecule has 0 atom stereocenters. The number of carbonyl (C=O) groups is 1. The van der Waals surface area contributed by atoms with E-state index in [9.17, 15) is 9.18 Å². The number of nitrogens with one attached hydrogen (secondary N) is 1. The SMILES string of the molecule is O=C(COc1ccccc1F)Nc1ccc(OCc2ccc(Cl)cc2)cc1. The van der Waals surface area contributed by atoms with Crippen LogP contribution in [0.4, 0.5) is 10.1 Å². The summed E-state index contributed by atoms with van der Waals surface area (Å²) in [5, 5.41) is 3.36. The zero-order valence-electron chi connectivity index (χ0n) is 14.3. The zero-order valence-corrected chi connectivity index (χ0v) is 15.1. The topological polar surface area (TPSA) is 47.6 Å². The molecule has 0 radical (unpaired) electrons. The fraction of sp³-hybridized carbons (Fsp3) is 0.0952. The molecule has 3 rings (SSSR count). The Morgan fingerprint density at radius 3 is 2.33 bits per heavy atom. The number of benzene rings is 3. The number of hydrogen-bond acceptors (Lipinski definition) is 3. The van der Waals surface area contributed by atoms with Crippen LogP contribution in [0, 0.1) is 5.82 Å². The average molecular weight is 386 g/mol. The van der Waals surface area contributed by atoms with Gasteiger partial charge >= 0.3 is 0 Å². The van der Waals surface area contributed by atoms with E-state index in [-0.39, 0.29) is 18.3 Å². The van der Waals surface area contributed by atoms with Gasteiger partial charge in [-0.15, -0.1) is 0 Å². The molecule has 0 spiro atoms. The van der Waals surface area contributed by atoms with Crippen molar-refractivity contribution in [3.63, 3.8) is 0 Å². The highest BCUT2D eigenvalue weighted by molar-refractivity contribution is 6.30. The van der Waals surface area contributed by atoms with Crippen molar-refractivity contribution in [2.75, 3.05) is 11.9 Å². The maximum atomic E-state index is 13.4. The Morgan fingerprint density at radius 2 is 1.63 bits per heavy atom. The molecule has 138 valence electrons. The van der Waals surface area contributed by atoms with Crippen molar-refractivity contribution < 1.29 is 18.7 Å². The first-order valence-electron chi connectivity index (χ1n) is 8.24. The smallest absolute Gasteiger partial charge is 0.262 e. The molecular formula is C21H17ClFNO3. The summed E-state index contributed by atoms with van der Waals surface area (Å²) in [6, 6.07) is 20.3. The first-order chi connectivity index (χ1) is 13.1. The first-order valence-corrected chi connectivity index (χ1v) is 8.62. The first kappa shape index (κ1) is 18.7. The van der Waals surface area contributed by atoms with Gasteiger partial charge in [0.05, 0.1) is 0 Å². The molecular weight excluding hydrogens is 369 g/mol. The quantitative estimate of drug-likeness (QED) is 0.617. The molecule has 0 aromatic heterocycles. The number of ether oxygens (including phenoxy) is 2. The maximum absolute atomic E-state index is 13.4. The van der Waals surface area contributed by atoms with Crippen molar-refractivity contribution in [3.8, 4) is 11.5 Å². The number of carbonyl (C=O) groups excluding carboxylic acids is 1. The molecule has 0 fully saturated rings. The van der Waals surface area contributed by atoms with Gasteiger partial charge in [0.1, 0.15) is 12.4 Å². The van der Waals surface area contributed by atoms with Crippen LogP contribution in [-0.4, -0.2) is 12.5 Å². The van der Waals surface area contributed by atoms with Gasteiger partial charge in [0.25, 0.3) is 5.91 Å². The fourth-order valence-electron chi connectivity index (χ4n) is 2.28. The van der Waals surface area contributed by atoms with Gasteiger partial charge in [-0.05, 0) is 54.1 Å². The Hall–Kier alpha value is -3.05. The standard InChI is InChI=1S/C21H17ClFNO3/c22-16-7-5-15(6-8-16)13-26-18-11-9-17(10-12-18)24-21(25)14-27-20-4-2-1-3-19(20)23/h1-12H,13-14H2,(H,24,25). The third-order valence-corrected chi connectivity index (χ3v) is 3.90. The molecule has 1 N–H and O–H groups in total. The van der Waals surface area contributed by atoms with Crippen LogP contribution in [0.1, 0.15) is 5.56 Å². The van der Waals surface area contributed by atoms with Crippen molar-refractivity contribution >= 4 is 23.2 Å². The van der Waals surface area contributed by atoms with Gasteiger partial charge in [0.2, 0.25) is 0 Å². The second-order valence-corrected chi connectivity index (χ2v) is 6.14. The van der Waals surface area contributed by atoms with Crippen LogP contribution in [0.15, 0.2) is 72.8 Å². The van der Waals surface area contributed by atoms with Gasteiger partial charge in [0.15, 0.2) is 18.2 Å². The molecule has 0 aliphatic carbocycles. The average Bonchev–Trinajstić information content (AvgIpc) is 2.68. The van der Waals surface area contributed by atoms with Gasteiger partial charge < -0.3 is 14.8 Å². The molecule has 3 aromatic rings. The number of amides is 1. The summed E-state index contributed by atoms with van der Waals surface area (Å²) in [5.41, 5.74) is 1.60. The second-order valence-electron chi connectivity index (χ2n) is 5.71. The molecule has 0 aliphatic rings. The van der Waals surface area contributed by atoms with Crippen LogP contribution in [0.5, 0.6) is 11.5 Å². The lowest BCUT2D eigenvalue weighted by Gasteiger charge is -2.10. The second kappa shape index (κ2) is 9.05. The van der Waals surface area contributed by atoms with Gasteiger partial charge in [-0.3, -0.25) is 4.79 Å². The number of halogens is 2. The minimum atomic E-state index is -0.507. The molecule has 4 nitrogen and oxygen atoms in total. The highest BCUT2D eigenvalue weighted by atomic mass is 35.5. The van der Waals surface area contributed by atoms with Crippen molar-refractivity contribution in [3.05, 3.63) is 89.2 Å². The predicted octanol–water partition coefficient (Wildman–Crippen LogP) is 5.08. The molecule has 27 heavy (non-hydrogen) atoms. The van der Waals surface area contributed by atoms with E-state index in [4.69, 9.17) is 21.1 Å². The van der Waals surface area contributed by atoms with Crippen molar-refractivity contribution in [2.45, 2.75) is 6.61 Å². The summed E-state index contributed by atoms with van der Waals surface area (Å²) in [7, 11) is 0. The molecule has 0 heterocycles. The summed E-state index contributed by atoms with van der Waals surface area (Å²) >= 11 is 5.85. The summed E-state index contributed by atoms with van der Waals surface area (Å²) in [5.74, 6) is -0.176. The van der Waals surface area contributed by atoms with Crippen LogP contribution in [0.2, 0.25) is 5.02 Å². The van der Waals surface area contributed by atoms with Crippen LogP contribution in [0.25, 0.3) is 0 Å². The summed E-state index contributed by atoms with van der Waals surface area (Å²) in [4.78, 5) is 11.9. The number of para-hydroxylation sites is 1. The Morgan fingerprint density at radius 1 is 0.926 bits per heavy atom. The normalized spacial score (nSPS) is 10.3. The van der Waals surface area contributed by atoms with Gasteiger partial charge in [-0.1, -0.05) is 35.9 Å². The lowest BCUT2D eigenvalue weighted by molar-refractivity contribution is -0.118. The van der Waals surface area contributed by atoms with Crippen LogP contribution < -0.4 is 14.8 Å². The lowest BCUT2D eigenvalue weighted by Crippen LogP contribution is -2.20. The van der Waals surface area contributed by atoms with E-state index in [0.717, 1.165) is 5.56 Å². The zero-order chi connectivity index (χ0) is 19.1. The third kappa shape index (κ3) is 5.72. The molecule has 0 saturated heterocycles. The highest BCUT2D eigenvalue weighted by Crippen LogP contribution is 2.18. The van der Waals surface area contributed by atoms with Crippen LogP contribution >= 0.6 is 11.6 Å². The fourth-order valence-corrected chi connectivity index (χ4v) is 2.41. The van der Waals surface area contributed by atoms with Crippen molar-refractivity contribution in [1.82, 2.24) is 0 Å². The van der Waals surface area contributed by atoms with Gasteiger partial charge in [0, 0.05) is 10.7 Å². The molecule has 0 saturated carbocycles. The van der Waals surface area contributed by atoms with Gasteiger partial charge in [-0.25, -0.2) is 4.39 Å². The van der Waals surface area contributed by atoms with E-state index in [2.05, 4.69) is 5.32 Å².